The van der Waals surface area contributed by atoms with E-state index in [1.165, 1.54) is 16.7 Å². The molecule has 0 aliphatic carbocycles. The molecule has 1 nitrogen and oxygen atoms in total. The molecule has 3 heteroatoms. The summed E-state index contributed by atoms with van der Waals surface area (Å²) in [6.07, 6.45) is 0. The Morgan fingerprint density at radius 1 is 0.952 bits per heavy atom. The van der Waals surface area contributed by atoms with Gasteiger partial charge in [-0.25, -0.2) is 0 Å². The molecule has 2 rings (SSSR count). The van der Waals surface area contributed by atoms with Crippen LogP contribution in [0.1, 0.15) is 26.3 Å². The molecule has 0 heterocycles. The molecule has 2 aromatic rings. The summed E-state index contributed by atoms with van der Waals surface area (Å²) < 4.78 is 7.25. The molecule has 111 valence electrons. The first kappa shape index (κ1) is 16.3. The van der Waals surface area contributed by atoms with Crippen molar-refractivity contribution in [2.24, 2.45) is 0 Å². The van der Waals surface area contributed by atoms with E-state index in [0.29, 0.717) is 0 Å². The van der Waals surface area contributed by atoms with Crippen LogP contribution in [0.5, 0.6) is 5.75 Å². The third-order valence-electron chi connectivity index (χ3n) is 3.32. The first-order valence-electron chi connectivity index (χ1n) is 7.16. The van der Waals surface area contributed by atoms with Crippen LogP contribution in [0.15, 0.2) is 46.9 Å². The van der Waals surface area contributed by atoms with Gasteiger partial charge in [0.2, 0.25) is 0 Å². The highest BCUT2D eigenvalue weighted by Crippen LogP contribution is 2.35. The van der Waals surface area contributed by atoms with Crippen LogP contribution < -0.4 is 4.43 Å². The van der Waals surface area contributed by atoms with E-state index in [1.54, 1.807) is 0 Å². The lowest BCUT2D eigenvalue weighted by atomic mass is 9.86. The summed E-state index contributed by atoms with van der Waals surface area (Å²) in [5, 5.41) is 0. The second-order valence-electron chi connectivity index (χ2n) is 6.48. The fourth-order valence-electron chi connectivity index (χ4n) is 2.16. The molecule has 0 atom stereocenters. The average Bonchev–Trinajstić information content (AvgIpc) is 2.38. The van der Waals surface area contributed by atoms with Gasteiger partial charge in [0, 0.05) is 10.0 Å². The van der Waals surface area contributed by atoms with Crippen molar-refractivity contribution in [1.82, 2.24) is 0 Å². The molecule has 2 aromatic carbocycles. The Labute approximate surface area is 138 Å². The fraction of sp³-hybridized carbons (Fsp3) is 0.333. The van der Waals surface area contributed by atoms with E-state index in [-0.39, 0.29) is 5.41 Å². The number of halogens is 1. The quantitative estimate of drug-likeness (QED) is 0.605. The Hall–Kier alpha value is -1.06. The molecule has 0 aliphatic heterocycles. The zero-order chi connectivity index (χ0) is 15.6. The van der Waals surface area contributed by atoms with Crippen LogP contribution in [0, 0.1) is 0 Å². The molecule has 0 unspecified atom stereocenters. The Morgan fingerprint density at radius 2 is 1.57 bits per heavy atom. The van der Waals surface area contributed by atoms with E-state index in [0.717, 1.165) is 10.2 Å². The minimum atomic E-state index is -0.795. The van der Waals surface area contributed by atoms with Crippen LogP contribution in [0.25, 0.3) is 11.1 Å². The number of benzene rings is 2. The summed E-state index contributed by atoms with van der Waals surface area (Å²) in [5.41, 5.74) is 3.80. The maximum Gasteiger partial charge on any atom is 0.274 e. The Balaban J connectivity index is 2.51. The molecule has 0 bridgehead atoms. The summed E-state index contributed by atoms with van der Waals surface area (Å²) in [7, 11) is -0.795. The van der Waals surface area contributed by atoms with E-state index in [9.17, 15) is 0 Å². The first-order chi connectivity index (χ1) is 9.77. The molecule has 0 fully saturated rings. The zero-order valence-electron chi connectivity index (χ0n) is 13.3. The summed E-state index contributed by atoms with van der Waals surface area (Å²) in [5.74, 6) is 1.00. The highest BCUT2D eigenvalue weighted by Gasteiger charge is 2.17. The number of hydrogen-bond donors (Lipinski definition) is 0. The molecule has 0 N–H and O–H groups in total. The summed E-state index contributed by atoms with van der Waals surface area (Å²) in [6.45, 7) is 11.0. The van der Waals surface area contributed by atoms with Crippen molar-refractivity contribution < 1.29 is 4.43 Å². The third-order valence-corrected chi connectivity index (χ3v) is 4.47. The van der Waals surface area contributed by atoms with Crippen LogP contribution in [-0.2, 0) is 5.41 Å². The SMILES string of the molecule is C[Si](C)Oc1cc(C(C)(C)C)ccc1-c1ccc(Br)cc1. The van der Waals surface area contributed by atoms with E-state index in [4.69, 9.17) is 4.43 Å². The van der Waals surface area contributed by atoms with Crippen molar-refractivity contribution in [3.63, 3.8) is 0 Å². The van der Waals surface area contributed by atoms with Crippen molar-refractivity contribution in [2.75, 3.05) is 0 Å². The van der Waals surface area contributed by atoms with Gasteiger partial charge >= 0.3 is 0 Å². The molecule has 0 aliphatic rings. The lowest BCUT2D eigenvalue weighted by molar-refractivity contribution is 0.562. The predicted octanol–water partition coefficient (Wildman–Crippen LogP) is 6.04. The van der Waals surface area contributed by atoms with Gasteiger partial charge in [-0.05, 0) is 47.8 Å². The van der Waals surface area contributed by atoms with E-state index >= 15 is 0 Å². The minimum absolute atomic E-state index is 0.130. The Morgan fingerprint density at radius 3 is 2.10 bits per heavy atom. The second kappa shape index (κ2) is 6.37. The van der Waals surface area contributed by atoms with Crippen LogP contribution in [0.4, 0.5) is 0 Å². The molecule has 0 saturated heterocycles. The predicted molar refractivity (Wildman–Crippen MR) is 96.4 cm³/mol. The van der Waals surface area contributed by atoms with Crippen LogP contribution in [-0.4, -0.2) is 9.04 Å². The third kappa shape index (κ3) is 4.21. The lowest BCUT2D eigenvalue weighted by Gasteiger charge is -2.22. The Kier molecular flexibility index (Phi) is 4.94. The average molecular weight is 362 g/mol. The van der Waals surface area contributed by atoms with E-state index in [1.807, 2.05) is 0 Å². The largest absolute Gasteiger partial charge is 0.542 e. The number of rotatable bonds is 3. The molecule has 0 amide bonds. The fourth-order valence-corrected chi connectivity index (χ4v) is 3.03. The van der Waals surface area contributed by atoms with Gasteiger partial charge in [0.1, 0.15) is 5.75 Å². The molecule has 0 saturated carbocycles. The summed E-state index contributed by atoms with van der Waals surface area (Å²) in [4.78, 5) is 0. The van der Waals surface area contributed by atoms with Gasteiger partial charge in [0.15, 0.2) is 0 Å². The topological polar surface area (TPSA) is 9.23 Å². The Bertz CT molecular complexity index is 612. The van der Waals surface area contributed by atoms with Crippen molar-refractivity contribution in [3.8, 4) is 16.9 Å². The first-order valence-corrected chi connectivity index (χ1v) is 10.4. The van der Waals surface area contributed by atoms with E-state index < -0.39 is 9.04 Å². The van der Waals surface area contributed by atoms with Gasteiger partial charge in [-0.1, -0.05) is 61.0 Å². The molecule has 21 heavy (non-hydrogen) atoms. The van der Waals surface area contributed by atoms with Gasteiger partial charge in [0.05, 0.1) is 0 Å². The normalized spacial score (nSPS) is 11.8. The van der Waals surface area contributed by atoms with Crippen molar-refractivity contribution >= 4 is 25.0 Å². The second-order valence-corrected chi connectivity index (χ2v) is 9.41. The highest BCUT2D eigenvalue weighted by atomic mass is 79.9. The van der Waals surface area contributed by atoms with Gasteiger partial charge in [-0.15, -0.1) is 0 Å². The van der Waals surface area contributed by atoms with Crippen LogP contribution in [0.2, 0.25) is 13.1 Å². The van der Waals surface area contributed by atoms with Gasteiger partial charge in [-0.2, -0.15) is 0 Å². The van der Waals surface area contributed by atoms with Crippen molar-refractivity contribution in [2.45, 2.75) is 39.3 Å². The maximum atomic E-state index is 6.16. The lowest BCUT2D eigenvalue weighted by Crippen LogP contribution is -2.15. The molecular formula is C18H22BrOSi. The minimum Gasteiger partial charge on any atom is -0.542 e. The monoisotopic (exact) mass is 361 g/mol. The van der Waals surface area contributed by atoms with Crippen molar-refractivity contribution in [3.05, 3.63) is 52.5 Å². The maximum absolute atomic E-state index is 6.16. The molecule has 1 radical (unpaired) electrons. The zero-order valence-corrected chi connectivity index (χ0v) is 15.9. The van der Waals surface area contributed by atoms with Crippen LogP contribution >= 0.6 is 15.9 Å². The van der Waals surface area contributed by atoms with Gasteiger partial charge in [0.25, 0.3) is 9.04 Å². The summed E-state index contributed by atoms with van der Waals surface area (Å²) in [6, 6.07) is 15.0. The van der Waals surface area contributed by atoms with Gasteiger partial charge in [-0.3, -0.25) is 0 Å². The van der Waals surface area contributed by atoms with Crippen molar-refractivity contribution in [1.29, 1.82) is 0 Å². The molecule has 0 aromatic heterocycles. The standard InChI is InChI=1S/C18H22BrOSi/c1-18(2,3)14-8-11-16(17(12-14)20-21(4)5)13-6-9-15(19)10-7-13/h6-12H,1-5H3. The molecule has 0 spiro atoms. The van der Waals surface area contributed by atoms with E-state index in [2.05, 4.69) is 92.3 Å². The molecular weight excluding hydrogens is 340 g/mol. The smallest absolute Gasteiger partial charge is 0.274 e. The summed E-state index contributed by atoms with van der Waals surface area (Å²) >= 11 is 3.49. The van der Waals surface area contributed by atoms with Crippen LogP contribution in [0.3, 0.4) is 0 Å². The number of hydrogen-bond acceptors (Lipinski definition) is 1. The van der Waals surface area contributed by atoms with Gasteiger partial charge < -0.3 is 4.43 Å². The highest BCUT2D eigenvalue weighted by molar-refractivity contribution is 9.10.